The van der Waals surface area contributed by atoms with Crippen molar-refractivity contribution in [1.29, 1.82) is 0 Å². The standard InChI is InChI=1S/C13H13NO3/c1-7-5-8-3-4-9-11(12(8)17-7)14-10(6-15)13(9)16-2/h3-4,6-7,14H,5H2,1-2H3. The Morgan fingerprint density at radius 3 is 3.06 bits per heavy atom. The van der Waals surface area contributed by atoms with Crippen molar-refractivity contribution in [3.8, 4) is 11.5 Å². The molecule has 1 aliphatic heterocycles. The minimum absolute atomic E-state index is 0.185. The third kappa shape index (κ3) is 1.33. The van der Waals surface area contributed by atoms with E-state index in [2.05, 4.69) is 4.98 Å². The van der Waals surface area contributed by atoms with Crippen molar-refractivity contribution >= 4 is 17.2 Å². The number of benzene rings is 1. The SMILES string of the molecule is COc1c(C=O)[nH]c2c3c(ccc12)CC(C)O3. The molecule has 0 aliphatic carbocycles. The van der Waals surface area contributed by atoms with E-state index in [1.807, 2.05) is 19.1 Å². The Morgan fingerprint density at radius 1 is 1.53 bits per heavy atom. The second kappa shape index (κ2) is 3.52. The second-order valence-corrected chi connectivity index (χ2v) is 4.30. The van der Waals surface area contributed by atoms with Gasteiger partial charge in [-0.05, 0) is 13.0 Å². The normalized spacial score (nSPS) is 17.9. The smallest absolute Gasteiger partial charge is 0.170 e. The summed E-state index contributed by atoms with van der Waals surface area (Å²) in [4.78, 5) is 14.0. The van der Waals surface area contributed by atoms with Gasteiger partial charge in [0.05, 0.1) is 12.6 Å². The highest BCUT2D eigenvalue weighted by Gasteiger charge is 2.24. The number of fused-ring (bicyclic) bond motifs is 3. The average molecular weight is 231 g/mol. The molecule has 0 saturated heterocycles. The molecular weight excluding hydrogens is 218 g/mol. The number of H-pyrrole nitrogens is 1. The Balaban J connectivity index is 2.32. The molecule has 0 bridgehead atoms. The Morgan fingerprint density at radius 2 is 2.35 bits per heavy atom. The summed E-state index contributed by atoms with van der Waals surface area (Å²) in [7, 11) is 1.56. The fraction of sp³-hybridized carbons (Fsp3) is 0.308. The molecule has 2 heterocycles. The topological polar surface area (TPSA) is 51.3 Å². The van der Waals surface area contributed by atoms with E-state index in [-0.39, 0.29) is 6.10 Å². The lowest BCUT2D eigenvalue weighted by Crippen LogP contribution is -2.05. The third-order valence-corrected chi connectivity index (χ3v) is 3.14. The first-order chi connectivity index (χ1) is 8.24. The van der Waals surface area contributed by atoms with E-state index < -0.39 is 0 Å². The lowest BCUT2D eigenvalue weighted by atomic mass is 10.1. The summed E-state index contributed by atoms with van der Waals surface area (Å²) in [6, 6.07) is 4.00. The first kappa shape index (κ1) is 10.2. The summed E-state index contributed by atoms with van der Waals surface area (Å²) in [6.45, 7) is 2.03. The van der Waals surface area contributed by atoms with Gasteiger partial charge in [-0.3, -0.25) is 4.79 Å². The molecule has 17 heavy (non-hydrogen) atoms. The number of methoxy groups -OCH3 is 1. The summed E-state index contributed by atoms with van der Waals surface area (Å²) in [5.41, 5.74) is 2.48. The Kier molecular flexibility index (Phi) is 2.11. The first-order valence-corrected chi connectivity index (χ1v) is 5.58. The molecule has 0 radical (unpaired) electrons. The minimum Gasteiger partial charge on any atom is -0.494 e. The fourth-order valence-electron chi connectivity index (χ4n) is 2.43. The third-order valence-electron chi connectivity index (χ3n) is 3.14. The maximum Gasteiger partial charge on any atom is 0.170 e. The van der Waals surface area contributed by atoms with E-state index >= 15 is 0 Å². The monoisotopic (exact) mass is 231 g/mol. The molecule has 4 nitrogen and oxygen atoms in total. The maximum atomic E-state index is 11.0. The van der Waals surface area contributed by atoms with Gasteiger partial charge in [0.2, 0.25) is 0 Å². The molecule has 1 aliphatic rings. The van der Waals surface area contributed by atoms with Crippen LogP contribution in [-0.2, 0) is 6.42 Å². The van der Waals surface area contributed by atoms with Crippen LogP contribution >= 0.6 is 0 Å². The van der Waals surface area contributed by atoms with Crippen LogP contribution in [0.2, 0.25) is 0 Å². The van der Waals surface area contributed by atoms with Gasteiger partial charge in [-0.1, -0.05) is 6.07 Å². The van der Waals surface area contributed by atoms with Crippen LogP contribution in [0.25, 0.3) is 10.9 Å². The van der Waals surface area contributed by atoms with Crippen LogP contribution in [0, 0.1) is 0 Å². The van der Waals surface area contributed by atoms with Gasteiger partial charge < -0.3 is 14.5 Å². The lowest BCUT2D eigenvalue weighted by molar-refractivity contribution is 0.111. The number of carbonyl (C=O) groups is 1. The van der Waals surface area contributed by atoms with Crippen LogP contribution < -0.4 is 9.47 Å². The van der Waals surface area contributed by atoms with Crippen molar-refractivity contribution in [2.75, 3.05) is 7.11 Å². The first-order valence-electron chi connectivity index (χ1n) is 5.58. The van der Waals surface area contributed by atoms with E-state index in [0.29, 0.717) is 11.4 Å². The fourth-order valence-corrected chi connectivity index (χ4v) is 2.43. The number of aromatic nitrogens is 1. The van der Waals surface area contributed by atoms with Crippen LogP contribution in [0.1, 0.15) is 23.0 Å². The lowest BCUT2D eigenvalue weighted by Gasteiger charge is -2.03. The van der Waals surface area contributed by atoms with Gasteiger partial charge in [-0.15, -0.1) is 0 Å². The number of aromatic amines is 1. The molecule has 1 aromatic carbocycles. The Bertz CT molecular complexity index is 600. The summed E-state index contributed by atoms with van der Waals surface area (Å²) in [5, 5.41) is 0.891. The molecule has 88 valence electrons. The molecule has 3 rings (SSSR count). The van der Waals surface area contributed by atoms with Crippen LogP contribution in [0.5, 0.6) is 11.5 Å². The number of hydrogen-bond acceptors (Lipinski definition) is 3. The number of rotatable bonds is 2. The van der Waals surface area contributed by atoms with Gasteiger partial charge in [-0.2, -0.15) is 0 Å². The van der Waals surface area contributed by atoms with E-state index in [9.17, 15) is 4.79 Å². The highest BCUT2D eigenvalue weighted by atomic mass is 16.5. The predicted molar refractivity (Wildman–Crippen MR) is 64.0 cm³/mol. The van der Waals surface area contributed by atoms with Crippen LogP contribution in [0.15, 0.2) is 12.1 Å². The van der Waals surface area contributed by atoms with Gasteiger partial charge >= 0.3 is 0 Å². The number of aldehydes is 1. The molecular formula is C13H13NO3. The Labute approximate surface area is 98.5 Å². The van der Waals surface area contributed by atoms with Crippen LogP contribution in [0.3, 0.4) is 0 Å². The zero-order chi connectivity index (χ0) is 12.0. The van der Waals surface area contributed by atoms with Gasteiger partial charge in [-0.25, -0.2) is 0 Å². The van der Waals surface area contributed by atoms with Crippen molar-refractivity contribution in [3.05, 3.63) is 23.4 Å². The summed E-state index contributed by atoms with van der Waals surface area (Å²) in [5.74, 6) is 1.43. The molecule has 0 spiro atoms. The quantitative estimate of drug-likeness (QED) is 0.807. The summed E-state index contributed by atoms with van der Waals surface area (Å²) in [6.07, 6.45) is 1.86. The van der Waals surface area contributed by atoms with E-state index in [0.717, 1.165) is 29.4 Å². The second-order valence-electron chi connectivity index (χ2n) is 4.30. The largest absolute Gasteiger partial charge is 0.494 e. The molecule has 0 saturated carbocycles. The van der Waals surface area contributed by atoms with E-state index in [1.165, 1.54) is 5.56 Å². The molecule has 2 aromatic rings. The van der Waals surface area contributed by atoms with Gasteiger partial charge in [0, 0.05) is 17.4 Å². The van der Waals surface area contributed by atoms with Crippen molar-refractivity contribution in [2.24, 2.45) is 0 Å². The Hall–Kier alpha value is -1.97. The number of ether oxygens (including phenoxy) is 2. The average Bonchev–Trinajstić information content (AvgIpc) is 2.86. The van der Waals surface area contributed by atoms with E-state index in [1.54, 1.807) is 7.11 Å². The molecule has 1 aromatic heterocycles. The zero-order valence-corrected chi connectivity index (χ0v) is 9.74. The van der Waals surface area contributed by atoms with Gasteiger partial charge in [0.25, 0.3) is 0 Å². The molecule has 4 heteroatoms. The van der Waals surface area contributed by atoms with Gasteiger partial charge in [0.15, 0.2) is 12.0 Å². The predicted octanol–water partition coefficient (Wildman–Crippen LogP) is 2.31. The highest BCUT2D eigenvalue weighted by molar-refractivity contribution is 5.99. The molecule has 1 atom stereocenters. The van der Waals surface area contributed by atoms with Crippen molar-refractivity contribution in [1.82, 2.24) is 4.98 Å². The van der Waals surface area contributed by atoms with Crippen molar-refractivity contribution < 1.29 is 14.3 Å². The van der Waals surface area contributed by atoms with Crippen LogP contribution in [0.4, 0.5) is 0 Å². The van der Waals surface area contributed by atoms with Crippen molar-refractivity contribution in [2.45, 2.75) is 19.4 Å². The maximum absolute atomic E-state index is 11.0. The number of carbonyl (C=O) groups excluding carboxylic acids is 1. The van der Waals surface area contributed by atoms with Gasteiger partial charge in [0.1, 0.15) is 17.5 Å². The summed E-state index contributed by atoms with van der Waals surface area (Å²) >= 11 is 0. The molecule has 0 fully saturated rings. The molecule has 1 unspecified atom stereocenters. The zero-order valence-electron chi connectivity index (χ0n) is 9.74. The highest BCUT2D eigenvalue weighted by Crippen LogP contribution is 2.40. The molecule has 0 amide bonds. The van der Waals surface area contributed by atoms with Crippen LogP contribution in [-0.4, -0.2) is 24.5 Å². The minimum atomic E-state index is 0.185. The van der Waals surface area contributed by atoms with E-state index in [4.69, 9.17) is 9.47 Å². The molecule has 1 N–H and O–H groups in total. The van der Waals surface area contributed by atoms with Crippen molar-refractivity contribution in [3.63, 3.8) is 0 Å². The summed E-state index contributed by atoms with van der Waals surface area (Å²) < 4.78 is 11.0. The number of hydrogen-bond donors (Lipinski definition) is 1. The number of nitrogens with one attached hydrogen (secondary N) is 1.